The smallest absolute Gasteiger partial charge is 0.297 e. The predicted octanol–water partition coefficient (Wildman–Crippen LogP) is 0.847. The van der Waals surface area contributed by atoms with Gasteiger partial charge in [-0.05, 0) is 6.92 Å². The monoisotopic (exact) mass is 256 g/mol. The molecule has 18 heavy (non-hydrogen) atoms. The van der Waals surface area contributed by atoms with Crippen LogP contribution >= 0.6 is 0 Å². The Morgan fingerprint density at radius 2 is 1.83 bits per heavy atom. The second-order valence-corrected chi connectivity index (χ2v) is 6.29. The highest BCUT2D eigenvalue weighted by Crippen LogP contribution is 2.45. The van der Waals surface area contributed by atoms with E-state index in [-0.39, 0.29) is 16.3 Å². The number of likely N-dealkylation sites (N-methyl/N-ethyl adjacent to an activating group) is 1. The molecule has 1 saturated heterocycles. The number of fused-ring (bicyclic) bond motifs is 2. The molecule has 2 rings (SSSR count). The SMILES string of the molecule is CC1=CC[C@]2([N+](=O)[O-])C[C@@]1([N+](=O)[O-])C[N+](C)(C)C2. The average molecular weight is 256 g/mol. The van der Waals surface area contributed by atoms with Crippen LogP contribution in [0.5, 0.6) is 0 Å². The summed E-state index contributed by atoms with van der Waals surface area (Å²) in [5.74, 6) is 0. The molecule has 100 valence electrons. The number of nitro groups is 2. The maximum Gasteiger partial charge on any atom is 0.297 e. The second kappa shape index (κ2) is 3.50. The fraction of sp³-hybridized carbons (Fsp3) is 0.818. The van der Waals surface area contributed by atoms with Gasteiger partial charge < -0.3 is 4.48 Å². The molecule has 0 unspecified atom stereocenters. The number of quaternary nitrogens is 1. The molecular formula is C11H18N3O4+. The van der Waals surface area contributed by atoms with E-state index in [0.29, 0.717) is 29.6 Å². The lowest BCUT2D eigenvalue weighted by atomic mass is 9.68. The van der Waals surface area contributed by atoms with Crippen LogP contribution in [0.25, 0.3) is 0 Å². The minimum absolute atomic E-state index is 0.0179. The van der Waals surface area contributed by atoms with Crippen LogP contribution in [-0.2, 0) is 0 Å². The molecule has 1 aliphatic carbocycles. The van der Waals surface area contributed by atoms with E-state index >= 15 is 0 Å². The average Bonchev–Trinajstić information content (AvgIpc) is 2.21. The van der Waals surface area contributed by atoms with Crippen molar-refractivity contribution in [3.05, 3.63) is 31.9 Å². The zero-order chi connectivity index (χ0) is 13.8. The standard InChI is InChI=1S/C11H18N3O4/c1-9-4-5-10(12(15)16)6-11(9,13(17)18)8-14(2,3)7-10/h4H,5-8H2,1-3H3/q+1/t10-,11+/m0/s1. The highest BCUT2D eigenvalue weighted by molar-refractivity contribution is 5.23. The maximum absolute atomic E-state index is 11.5. The van der Waals surface area contributed by atoms with Crippen molar-refractivity contribution in [2.45, 2.75) is 30.8 Å². The lowest BCUT2D eigenvalue weighted by molar-refractivity contribution is -0.933. The molecule has 2 atom stereocenters. The minimum Gasteiger partial charge on any atom is -0.316 e. The van der Waals surface area contributed by atoms with Gasteiger partial charge in [-0.3, -0.25) is 20.2 Å². The molecular weight excluding hydrogens is 238 g/mol. The van der Waals surface area contributed by atoms with E-state index in [1.807, 2.05) is 14.1 Å². The Morgan fingerprint density at radius 3 is 2.33 bits per heavy atom. The molecule has 0 aromatic heterocycles. The van der Waals surface area contributed by atoms with Gasteiger partial charge in [-0.1, -0.05) is 6.08 Å². The normalized spacial score (nSPS) is 37.8. The summed E-state index contributed by atoms with van der Waals surface area (Å²) in [5, 5.41) is 22.9. The first-order valence-electron chi connectivity index (χ1n) is 5.92. The third-order valence-corrected chi connectivity index (χ3v) is 4.29. The molecule has 0 amide bonds. The Balaban J connectivity index is 2.59. The number of hydrogen-bond acceptors (Lipinski definition) is 4. The topological polar surface area (TPSA) is 86.3 Å². The quantitative estimate of drug-likeness (QED) is 0.317. The number of hydrogen-bond donors (Lipinski definition) is 0. The fourth-order valence-corrected chi connectivity index (χ4v) is 3.61. The summed E-state index contributed by atoms with van der Waals surface area (Å²) in [6, 6.07) is 0. The van der Waals surface area contributed by atoms with E-state index in [4.69, 9.17) is 0 Å². The molecule has 2 aliphatic rings. The van der Waals surface area contributed by atoms with Crippen LogP contribution in [0.15, 0.2) is 11.6 Å². The van der Waals surface area contributed by atoms with E-state index in [1.54, 1.807) is 13.0 Å². The number of piperidine rings is 1. The van der Waals surface area contributed by atoms with Crippen molar-refractivity contribution in [3.8, 4) is 0 Å². The molecule has 1 aliphatic heterocycles. The first-order valence-corrected chi connectivity index (χ1v) is 5.92. The van der Waals surface area contributed by atoms with Crippen molar-refractivity contribution in [2.24, 2.45) is 0 Å². The van der Waals surface area contributed by atoms with Crippen molar-refractivity contribution in [3.63, 3.8) is 0 Å². The molecule has 1 fully saturated rings. The Bertz CT molecular complexity index is 459. The molecule has 7 nitrogen and oxygen atoms in total. The zero-order valence-electron chi connectivity index (χ0n) is 10.9. The molecule has 1 heterocycles. The van der Waals surface area contributed by atoms with Gasteiger partial charge >= 0.3 is 0 Å². The first-order chi connectivity index (χ1) is 8.14. The molecule has 0 radical (unpaired) electrons. The van der Waals surface area contributed by atoms with Crippen LogP contribution in [0, 0.1) is 20.2 Å². The van der Waals surface area contributed by atoms with Gasteiger partial charge in [-0.2, -0.15) is 0 Å². The highest BCUT2D eigenvalue weighted by atomic mass is 16.6. The largest absolute Gasteiger partial charge is 0.316 e. The predicted molar refractivity (Wildman–Crippen MR) is 64.3 cm³/mol. The van der Waals surface area contributed by atoms with Gasteiger partial charge in [0.15, 0.2) is 13.1 Å². The molecule has 0 saturated carbocycles. The van der Waals surface area contributed by atoms with E-state index in [1.165, 1.54) is 0 Å². The zero-order valence-corrected chi connectivity index (χ0v) is 10.9. The molecule has 7 heteroatoms. The van der Waals surface area contributed by atoms with Gasteiger partial charge in [0.25, 0.3) is 11.1 Å². The Labute approximate surface area is 105 Å². The van der Waals surface area contributed by atoms with Crippen molar-refractivity contribution in [1.82, 2.24) is 0 Å². The van der Waals surface area contributed by atoms with E-state index in [0.717, 1.165) is 0 Å². The molecule has 2 bridgehead atoms. The summed E-state index contributed by atoms with van der Waals surface area (Å²) in [6.45, 7) is 2.38. The molecule has 0 aromatic carbocycles. The van der Waals surface area contributed by atoms with Crippen molar-refractivity contribution >= 4 is 0 Å². The van der Waals surface area contributed by atoms with Gasteiger partial charge in [-0.25, -0.2) is 0 Å². The summed E-state index contributed by atoms with van der Waals surface area (Å²) in [7, 11) is 3.66. The lowest BCUT2D eigenvalue weighted by Crippen LogP contribution is -2.71. The van der Waals surface area contributed by atoms with Crippen LogP contribution in [0.1, 0.15) is 19.8 Å². The number of nitrogens with zero attached hydrogens (tertiary/aromatic N) is 3. The molecule has 0 aromatic rings. The van der Waals surface area contributed by atoms with Crippen LogP contribution in [-0.4, -0.2) is 52.6 Å². The van der Waals surface area contributed by atoms with E-state index in [2.05, 4.69) is 0 Å². The van der Waals surface area contributed by atoms with E-state index < -0.39 is 11.1 Å². The summed E-state index contributed by atoms with van der Waals surface area (Å²) >= 11 is 0. The summed E-state index contributed by atoms with van der Waals surface area (Å²) in [5.41, 5.74) is -1.79. The third kappa shape index (κ3) is 1.61. The number of likely N-dealkylation sites (tertiary alicyclic amines) is 1. The van der Waals surface area contributed by atoms with Gasteiger partial charge in [0.1, 0.15) is 6.42 Å². The van der Waals surface area contributed by atoms with Gasteiger partial charge in [0.05, 0.1) is 14.1 Å². The lowest BCUT2D eigenvalue weighted by Gasteiger charge is -2.48. The van der Waals surface area contributed by atoms with Crippen LogP contribution in [0.2, 0.25) is 0 Å². The van der Waals surface area contributed by atoms with Crippen LogP contribution in [0.4, 0.5) is 0 Å². The Hall–Kier alpha value is -1.50. The van der Waals surface area contributed by atoms with E-state index in [9.17, 15) is 20.2 Å². The summed E-state index contributed by atoms with van der Waals surface area (Å²) in [4.78, 5) is 22.2. The van der Waals surface area contributed by atoms with Crippen LogP contribution in [0.3, 0.4) is 0 Å². The minimum atomic E-state index is -1.27. The fourth-order valence-electron chi connectivity index (χ4n) is 3.61. The molecule has 0 N–H and O–H groups in total. The van der Waals surface area contributed by atoms with Crippen molar-refractivity contribution < 1.29 is 14.3 Å². The third-order valence-electron chi connectivity index (χ3n) is 4.29. The maximum atomic E-state index is 11.5. The van der Waals surface area contributed by atoms with Gasteiger partial charge in [-0.15, -0.1) is 0 Å². The Morgan fingerprint density at radius 1 is 1.22 bits per heavy atom. The second-order valence-electron chi connectivity index (χ2n) is 6.29. The summed E-state index contributed by atoms with van der Waals surface area (Å²) < 4.78 is 0.313. The summed E-state index contributed by atoms with van der Waals surface area (Å²) in [6.07, 6.45) is 2.00. The van der Waals surface area contributed by atoms with Gasteiger partial charge in [0.2, 0.25) is 0 Å². The molecule has 0 spiro atoms. The van der Waals surface area contributed by atoms with Crippen molar-refractivity contribution in [2.75, 3.05) is 27.2 Å². The van der Waals surface area contributed by atoms with Crippen molar-refractivity contribution in [1.29, 1.82) is 0 Å². The van der Waals surface area contributed by atoms with Gasteiger partial charge in [0, 0.05) is 21.8 Å². The number of rotatable bonds is 2. The highest BCUT2D eigenvalue weighted by Gasteiger charge is 2.68. The van der Waals surface area contributed by atoms with Crippen LogP contribution < -0.4 is 0 Å². The Kier molecular flexibility index (Phi) is 2.52. The first kappa shape index (κ1) is 12.9.